The number of rotatable bonds is 4. The number of carboxylic acids is 1. The van der Waals surface area contributed by atoms with Gasteiger partial charge in [-0.15, -0.1) is 0 Å². The summed E-state index contributed by atoms with van der Waals surface area (Å²) in [6.45, 7) is 0. The Morgan fingerprint density at radius 2 is 2.28 bits per heavy atom. The summed E-state index contributed by atoms with van der Waals surface area (Å²) in [5.41, 5.74) is -2.12. The van der Waals surface area contributed by atoms with Gasteiger partial charge in [0.2, 0.25) is 0 Å². The van der Waals surface area contributed by atoms with Gasteiger partial charge in [0, 0.05) is 5.56 Å². The molecule has 1 aromatic heterocycles. The van der Waals surface area contributed by atoms with Crippen LogP contribution < -0.4 is 0 Å². The van der Waals surface area contributed by atoms with Crippen molar-refractivity contribution in [3.63, 3.8) is 0 Å². The molecule has 94 valence electrons. The zero-order chi connectivity index (χ0) is 13.9. The summed E-state index contributed by atoms with van der Waals surface area (Å²) in [7, 11) is 0. The predicted molar refractivity (Wildman–Crippen MR) is 51.9 cm³/mol. The Balaban J connectivity index is 3.56. The molecule has 9 heteroatoms. The van der Waals surface area contributed by atoms with Gasteiger partial charge < -0.3 is 15.2 Å². The molecule has 1 aromatic rings. The fraction of sp³-hybridized carbons (Fsp3) is 0.222. The molecule has 0 saturated carbocycles. The molecular formula is C9H5F2N3O4. The Labute approximate surface area is 98.4 Å². The molecule has 0 fully saturated rings. The van der Waals surface area contributed by atoms with Crippen LogP contribution in [0.25, 0.3) is 0 Å². The number of aliphatic carboxylic acids is 1. The monoisotopic (exact) mass is 257 g/mol. The number of pyridine rings is 1. The number of hydrogen-bond donors (Lipinski definition) is 1. The molecule has 0 atom stereocenters. The summed E-state index contributed by atoms with van der Waals surface area (Å²) in [6.07, 6.45) is -3.46. The van der Waals surface area contributed by atoms with Crippen molar-refractivity contribution in [2.24, 2.45) is 0 Å². The van der Waals surface area contributed by atoms with Crippen LogP contribution in [-0.2, 0) is 11.2 Å². The first-order valence-electron chi connectivity index (χ1n) is 4.44. The molecule has 0 aliphatic carbocycles. The van der Waals surface area contributed by atoms with E-state index in [0.29, 0.717) is 6.20 Å². The van der Waals surface area contributed by atoms with E-state index in [4.69, 9.17) is 10.4 Å². The fourth-order valence-electron chi connectivity index (χ4n) is 1.34. The van der Waals surface area contributed by atoms with E-state index in [2.05, 4.69) is 4.98 Å². The minimum Gasteiger partial charge on any atom is -0.481 e. The van der Waals surface area contributed by atoms with Crippen LogP contribution in [0.15, 0.2) is 6.20 Å². The average molecular weight is 257 g/mol. The normalized spacial score (nSPS) is 10.1. The molecule has 1 heterocycles. The largest absolute Gasteiger partial charge is 0.481 e. The van der Waals surface area contributed by atoms with Crippen molar-refractivity contribution in [1.82, 2.24) is 4.98 Å². The van der Waals surface area contributed by atoms with E-state index in [9.17, 15) is 23.7 Å². The lowest BCUT2D eigenvalue weighted by Crippen LogP contribution is -2.10. The molecule has 7 nitrogen and oxygen atoms in total. The van der Waals surface area contributed by atoms with E-state index in [1.54, 1.807) is 0 Å². The first kappa shape index (κ1) is 13.4. The third-order valence-corrected chi connectivity index (χ3v) is 2.05. The highest BCUT2D eigenvalue weighted by Gasteiger charge is 2.28. The van der Waals surface area contributed by atoms with Gasteiger partial charge in [-0.1, -0.05) is 0 Å². The highest BCUT2D eigenvalue weighted by molar-refractivity contribution is 5.73. The van der Waals surface area contributed by atoms with Gasteiger partial charge >= 0.3 is 11.8 Å². The molecular weight excluding hydrogens is 252 g/mol. The number of alkyl halides is 2. The van der Waals surface area contributed by atoms with Crippen LogP contribution in [0.3, 0.4) is 0 Å². The maximum Gasteiger partial charge on any atom is 0.381 e. The second kappa shape index (κ2) is 5.13. The summed E-state index contributed by atoms with van der Waals surface area (Å²) in [4.78, 5) is 23.2. The van der Waals surface area contributed by atoms with Gasteiger partial charge in [-0.25, -0.2) is 8.78 Å². The van der Waals surface area contributed by atoms with Gasteiger partial charge in [0.05, 0.1) is 12.0 Å². The second-order valence-corrected chi connectivity index (χ2v) is 3.13. The predicted octanol–water partition coefficient (Wildman–Crippen LogP) is 1.43. The number of aromatic nitrogens is 1. The third-order valence-electron chi connectivity index (χ3n) is 2.05. The number of carboxylic acid groups (broad SMARTS) is 1. The quantitative estimate of drug-likeness (QED) is 0.643. The van der Waals surface area contributed by atoms with E-state index >= 15 is 0 Å². The molecule has 0 aromatic carbocycles. The first-order chi connectivity index (χ1) is 8.38. The van der Waals surface area contributed by atoms with Gasteiger partial charge in [0.1, 0.15) is 12.3 Å². The maximum atomic E-state index is 12.6. The molecule has 1 N–H and O–H groups in total. The number of halogens is 2. The van der Waals surface area contributed by atoms with Crippen LogP contribution in [0.2, 0.25) is 0 Å². The molecule has 0 amide bonds. The van der Waals surface area contributed by atoms with Crippen molar-refractivity contribution >= 4 is 11.8 Å². The topological polar surface area (TPSA) is 117 Å². The van der Waals surface area contributed by atoms with Crippen LogP contribution in [0, 0.1) is 21.4 Å². The number of nitrogens with zero attached hydrogens (tertiary/aromatic N) is 3. The summed E-state index contributed by atoms with van der Waals surface area (Å²) < 4.78 is 25.2. The van der Waals surface area contributed by atoms with E-state index in [1.807, 2.05) is 0 Å². The minimum atomic E-state index is -3.07. The van der Waals surface area contributed by atoms with Crippen molar-refractivity contribution in [2.75, 3.05) is 0 Å². The van der Waals surface area contributed by atoms with Crippen LogP contribution in [0.4, 0.5) is 14.6 Å². The van der Waals surface area contributed by atoms with Crippen LogP contribution in [-0.4, -0.2) is 21.0 Å². The lowest BCUT2D eigenvalue weighted by molar-refractivity contribution is -0.389. The third kappa shape index (κ3) is 2.54. The number of carbonyl (C=O) groups is 1. The number of nitro groups is 1. The molecule has 0 saturated heterocycles. The van der Waals surface area contributed by atoms with Crippen molar-refractivity contribution in [3.05, 3.63) is 33.0 Å². The smallest absolute Gasteiger partial charge is 0.381 e. The SMILES string of the molecule is N#Cc1c([N+](=O)[O-])ncc(C(F)F)c1CC(=O)O. The standard InChI is InChI=1S/C9H5F2N3O4/c10-8(11)6-3-13-9(14(17)18)5(2-12)4(6)1-7(15)16/h3,8H,1H2,(H,15,16). The van der Waals surface area contributed by atoms with Crippen LogP contribution >= 0.6 is 0 Å². The zero-order valence-electron chi connectivity index (χ0n) is 8.63. The number of nitriles is 1. The molecule has 0 aliphatic heterocycles. The van der Waals surface area contributed by atoms with Gasteiger partial charge in [-0.3, -0.25) is 4.79 Å². The Morgan fingerprint density at radius 1 is 1.67 bits per heavy atom. The highest BCUT2D eigenvalue weighted by atomic mass is 19.3. The molecule has 0 bridgehead atoms. The molecule has 0 unspecified atom stereocenters. The zero-order valence-corrected chi connectivity index (χ0v) is 8.63. The van der Waals surface area contributed by atoms with Crippen LogP contribution in [0.1, 0.15) is 23.1 Å². The molecule has 0 aliphatic rings. The van der Waals surface area contributed by atoms with E-state index in [0.717, 1.165) is 0 Å². The van der Waals surface area contributed by atoms with Gasteiger partial charge in [0.15, 0.2) is 5.56 Å². The van der Waals surface area contributed by atoms with Crippen molar-refractivity contribution < 1.29 is 23.6 Å². The molecule has 0 radical (unpaired) electrons. The highest BCUT2D eigenvalue weighted by Crippen LogP contribution is 2.29. The first-order valence-corrected chi connectivity index (χ1v) is 4.44. The van der Waals surface area contributed by atoms with E-state index in [-0.39, 0.29) is 0 Å². The summed E-state index contributed by atoms with van der Waals surface area (Å²) in [5.74, 6) is -2.41. The van der Waals surface area contributed by atoms with Crippen molar-refractivity contribution in [1.29, 1.82) is 5.26 Å². The Morgan fingerprint density at radius 3 is 2.67 bits per heavy atom. The lowest BCUT2D eigenvalue weighted by Gasteiger charge is -2.07. The molecule has 18 heavy (non-hydrogen) atoms. The Hall–Kier alpha value is -2.63. The number of hydrogen-bond acceptors (Lipinski definition) is 5. The Kier molecular flexibility index (Phi) is 3.83. The molecule has 1 rings (SSSR count). The summed E-state index contributed by atoms with van der Waals surface area (Å²) in [5, 5.41) is 27.9. The summed E-state index contributed by atoms with van der Waals surface area (Å²) >= 11 is 0. The van der Waals surface area contributed by atoms with Gasteiger partial charge in [-0.2, -0.15) is 5.26 Å². The average Bonchev–Trinajstić information content (AvgIpc) is 2.26. The van der Waals surface area contributed by atoms with Crippen molar-refractivity contribution in [3.8, 4) is 6.07 Å². The van der Waals surface area contributed by atoms with Gasteiger partial charge in [-0.05, 0) is 9.91 Å². The maximum absolute atomic E-state index is 12.6. The second-order valence-electron chi connectivity index (χ2n) is 3.13. The van der Waals surface area contributed by atoms with Crippen molar-refractivity contribution in [2.45, 2.75) is 12.8 Å². The fourth-order valence-corrected chi connectivity index (χ4v) is 1.34. The lowest BCUT2D eigenvalue weighted by atomic mass is 10.0. The van der Waals surface area contributed by atoms with Crippen LogP contribution in [0.5, 0.6) is 0 Å². The Bertz CT molecular complexity index is 553. The van der Waals surface area contributed by atoms with E-state index in [1.165, 1.54) is 6.07 Å². The minimum absolute atomic E-state index is 0.516. The summed E-state index contributed by atoms with van der Waals surface area (Å²) in [6, 6.07) is 1.35. The molecule has 0 spiro atoms. The van der Waals surface area contributed by atoms with E-state index < -0.39 is 46.2 Å². The van der Waals surface area contributed by atoms with Gasteiger partial charge in [0.25, 0.3) is 6.43 Å².